The maximum Gasteiger partial charge on any atom is 0.417 e. The first-order chi connectivity index (χ1) is 7.68. The molecule has 0 radical (unpaired) electrons. The molecule has 3 nitrogen and oxygen atoms in total. The summed E-state index contributed by atoms with van der Waals surface area (Å²) in [4.78, 5) is -0.850. The smallest absolute Gasteiger partial charge is 0.223 e. The summed E-state index contributed by atoms with van der Waals surface area (Å²) in [6.45, 7) is 1.43. The summed E-state index contributed by atoms with van der Waals surface area (Å²) < 4.78 is 60.9. The molecule has 0 aliphatic carbocycles. The first-order valence-corrected chi connectivity index (χ1v) is 6.11. The minimum atomic E-state index is -4.76. The van der Waals surface area contributed by atoms with Gasteiger partial charge in [-0.25, -0.2) is 8.42 Å². The Morgan fingerprint density at radius 1 is 1.35 bits per heavy atom. The van der Waals surface area contributed by atoms with Gasteiger partial charge < -0.3 is 0 Å². The summed E-state index contributed by atoms with van der Waals surface area (Å²) in [5.41, 5.74) is -0.930. The van der Waals surface area contributed by atoms with Crippen LogP contribution in [0.3, 0.4) is 0 Å². The quantitative estimate of drug-likeness (QED) is 0.822. The van der Waals surface area contributed by atoms with Gasteiger partial charge in [0.15, 0.2) is 9.84 Å². The van der Waals surface area contributed by atoms with Crippen LogP contribution in [0.2, 0.25) is 0 Å². The van der Waals surface area contributed by atoms with E-state index in [2.05, 4.69) is 0 Å². The molecule has 0 aliphatic heterocycles. The van der Waals surface area contributed by atoms with E-state index in [1.54, 1.807) is 0 Å². The van der Waals surface area contributed by atoms with Gasteiger partial charge in [0.05, 0.1) is 16.5 Å². The van der Waals surface area contributed by atoms with Gasteiger partial charge in [0, 0.05) is 0 Å². The zero-order valence-corrected chi connectivity index (χ0v) is 9.56. The molecule has 0 aliphatic rings. The second kappa shape index (κ2) is 4.37. The highest BCUT2D eigenvalue weighted by molar-refractivity contribution is 7.91. The lowest BCUT2D eigenvalue weighted by Crippen LogP contribution is -2.15. The monoisotopic (exact) mass is 263 g/mol. The number of hydrogen-bond acceptors (Lipinski definition) is 3. The third kappa shape index (κ3) is 2.97. The van der Waals surface area contributed by atoms with Crippen LogP contribution in [0.25, 0.3) is 0 Å². The zero-order chi connectivity index (χ0) is 13.3. The van der Waals surface area contributed by atoms with E-state index in [4.69, 9.17) is 5.26 Å². The third-order valence-electron chi connectivity index (χ3n) is 2.03. The van der Waals surface area contributed by atoms with Gasteiger partial charge in [-0.15, -0.1) is 0 Å². The molecule has 0 heterocycles. The molecule has 0 amide bonds. The number of nitrogens with zero attached hydrogens (tertiary/aromatic N) is 1. The lowest BCUT2D eigenvalue weighted by molar-refractivity contribution is -0.139. The number of aryl methyl sites for hydroxylation is 1. The SMILES string of the molecule is Cc1ccc(S(=O)(=O)CC#N)c(C(F)(F)F)c1. The van der Waals surface area contributed by atoms with Gasteiger partial charge in [0.25, 0.3) is 0 Å². The predicted octanol–water partition coefficient (Wildman–Crippen LogP) is 2.31. The molecule has 0 saturated heterocycles. The number of benzene rings is 1. The summed E-state index contributed by atoms with van der Waals surface area (Å²) in [7, 11) is -4.22. The van der Waals surface area contributed by atoms with Crippen molar-refractivity contribution in [1.82, 2.24) is 0 Å². The normalized spacial score (nSPS) is 12.2. The van der Waals surface area contributed by atoms with Crippen LogP contribution >= 0.6 is 0 Å². The highest BCUT2D eigenvalue weighted by Gasteiger charge is 2.37. The van der Waals surface area contributed by atoms with Crippen molar-refractivity contribution in [3.63, 3.8) is 0 Å². The largest absolute Gasteiger partial charge is 0.417 e. The molecule has 7 heteroatoms. The average Bonchev–Trinajstić information content (AvgIpc) is 2.15. The van der Waals surface area contributed by atoms with E-state index < -0.39 is 32.2 Å². The van der Waals surface area contributed by atoms with Gasteiger partial charge in [-0.1, -0.05) is 11.6 Å². The van der Waals surface area contributed by atoms with Gasteiger partial charge in [-0.2, -0.15) is 18.4 Å². The van der Waals surface area contributed by atoms with Crippen molar-refractivity contribution in [2.24, 2.45) is 0 Å². The van der Waals surface area contributed by atoms with Crippen molar-refractivity contribution in [2.75, 3.05) is 5.75 Å². The Morgan fingerprint density at radius 2 is 1.94 bits per heavy atom. The van der Waals surface area contributed by atoms with E-state index in [-0.39, 0.29) is 0 Å². The Labute approximate surface area is 96.4 Å². The molecule has 0 N–H and O–H groups in total. The third-order valence-corrected chi connectivity index (χ3v) is 3.57. The van der Waals surface area contributed by atoms with Crippen molar-refractivity contribution in [3.8, 4) is 6.07 Å². The van der Waals surface area contributed by atoms with Crippen LogP contribution in [0.5, 0.6) is 0 Å². The van der Waals surface area contributed by atoms with Gasteiger partial charge >= 0.3 is 6.18 Å². The Bertz CT molecular complexity index is 570. The van der Waals surface area contributed by atoms with Gasteiger partial charge in [-0.3, -0.25) is 0 Å². The fourth-order valence-corrected chi connectivity index (χ4v) is 2.41. The van der Waals surface area contributed by atoms with Crippen LogP contribution < -0.4 is 0 Å². The van der Waals surface area contributed by atoms with E-state index >= 15 is 0 Å². The molecular weight excluding hydrogens is 255 g/mol. The number of hydrogen-bond donors (Lipinski definition) is 0. The highest BCUT2D eigenvalue weighted by Crippen LogP contribution is 2.35. The van der Waals surface area contributed by atoms with Crippen LogP contribution in [-0.4, -0.2) is 14.2 Å². The summed E-state index contributed by atoms with van der Waals surface area (Å²) in [5.74, 6) is -0.973. The Balaban J connectivity index is 3.51. The summed E-state index contributed by atoms with van der Waals surface area (Å²) in [6, 6.07) is 4.24. The van der Waals surface area contributed by atoms with E-state index in [1.807, 2.05) is 0 Å². The second-order valence-corrected chi connectivity index (χ2v) is 5.37. The van der Waals surface area contributed by atoms with Gasteiger partial charge in [-0.05, 0) is 19.1 Å². The van der Waals surface area contributed by atoms with Crippen molar-refractivity contribution in [1.29, 1.82) is 5.26 Å². The Morgan fingerprint density at radius 3 is 2.41 bits per heavy atom. The second-order valence-electron chi connectivity index (χ2n) is 3.41. The molecule has 0 atom stereocenters. The molecule has 17 heavy (non-hydrogen) atoms. The molecule has 1 rings (SSSR count). The Kier molecular flexibility index (Phi) is 3.48. The predicted molar refractivity (Wildman–Crippen MR) is 53.8 cm³/mol. The summed E-state index contributed by atoms with van der Waals surface area (Å²) in [6.07, 6.45) is -4.76. The number of sulfone groups is 1. The lowest BCUT2D eigenvalue weighted by Gasteiger charge is -2.12. The fourth-order valence-electron chi connectivity index (χ4n) is 1.30. The topological polar surface area (TPSA) is 57.9 Å². The molecule has 0 aromatic heterocycles. The van der Waals surface area contributed by atoms with Crippen molar-refractivity contribution in [2.45, 2.75) is 18.0 Å². The molecular formula is C10H8F3NO2S. The minimum absolute atomic E-state index is 0.299. The average molecular weight is 263 g/mol. The molecule has 92 valence electrons. The molecule has 0 spiro atoms. The zero-order valence-electron chi connectivity index (χ0n) is 8.75. The lowest BCUT2D eigenvalue weighted by atomic mass is 10.1. The number of rotatable bonds is 2. The first-order valence-electron chi connectivity index (χ1n) is 4.46. The van der Waals surface area contributed by atoms with E-state index in [0.717, 1.165) is 12.1 Å². The number of nitriles is 1. The van der Waals surface area contributed by atoms with Crippen LogP contribution in [-0.2, 0) is 16.0 Å². The van der Waals surface area contributed by atoms with Crippen LogP contribution in [0.15, 0.2) is 23.1 Å². The van der Waals surface area contributed by atoms with E-state index in [9.17, 15) is 21.6 Å². The van der Waals surface area contributed by atoms with E-state index in [1.165, 1.54) is 19.1 Å². The summed E-state index contributed by atoms with van der Waals surface area (Å²) in [5, 5.41) is 8.30. The van der Waals surface area contributed by atoms with Gasteiger partial charge in [0.2, 0.25) is 0 Å². The van der Waals surface area contributed by atoms with Gasteiger partial charge in [0.1, 0.15) is 5.75 Å². The van der Waals surface area contributed by atoms with Crippen LogP contribution in [0.1, 0.15) is 11.1 Å². The van der Waals surface area contributed by atoms with Crippen molar-refractivity contribution < 1.29 is 21.6 Å². The minimum Gasteiger partial charge on any atom is -0.223 e. The first kappa shape index (κ1) is 13.5. The molecule has 1 aromatic rings. The molecule has 0 fully saturated rings. The Hall–Kier alpha value is -1.55. The van der Waals surface area contributed by atoms with E-state index in [0.29, 0.717) is 5.56 Å². The van der Waals surface area contributed by atoms with Crippen LogP contribution in [0, 0.1) is 18.3 Å². The van der Waals surface area contributed by atoms with Crippen molar-refractivity contribution >= 4 is 9.84 Å². The summed E-state index contributed by atoms with van der Waals surface area (Å²) >= 11 is 0. The molecule has 0 bridgehead atoms. The fraction of sp³-hybridized carbons (Fsp3) is 0.300. The molecule has 1 aromatic carbocycles. The number of alkyl halides is 3. The standard InChI is InChI=1S/C10H8F3NO2S/c1-7-2-3-9(17(15,16)5-4-14)8(6-7)10(11,12)13/h2-3,6H,5H2,1H3. The number of halogens is 3. The van der Waals surface area contributed by atoms with Crippen molar-refractivity contribution in [3.05, 3.63) is 29.3 Å². The van der Waals surface area contributed by atoms with Crippen LogP contribution in [0.4, 0.5) is 13.2 Å². The molecule has 0 saturated carbocycles. The molecule has 0 unspecified atom stereocenters. The highest BCUT2D eigenvalue weighted by atomic mass is 32.2. The maximum atomic E-state index is 12.7. The maximum absolute atomic E-state index is 12.7.